The fourth-order valence-electron chi connectivity index (χ4n) is 2.65. The lowest BCUT2D eigenvalue weighted by molar-refractivity contribution is -0.324. The van der Waals surface area contributed by atoms with Gasteiger partial charge in [0.2, 0.25) is 0 Å². The second kappa shape index (κ2) is 8.98. The van der Waals surface area contributed by atoms with Gasteiger partial charge in [-0.1, -0.05) is 0 Å². The molecule has 0 spiro atoms. The average Bonchev–Trinajstić information content (AvgIpc) is 2.55. The molecule has 144 valence electrons. The van der Waals surface area contributed by atoms with Gasteiger partial charge in [-0.3, -0.25) is 0 Å². The minimum absolute atomic E-state index is 0. The average molecular weight is 377 g/mol. The summed E-state index contributed by atoms with van der Waals surface area (Å²) < 4.78 is 15.8. The molecule has 0 bridgehead atoms. The van der Waals surface area contributed by atoms with Crippen molar-refractivity contribution < 1.29 is 44.8 Å². The van der Waals surface area contributed by atoms with Crippen molar-refractivity contribution in [2.75, 3.05) is 13.2 Å². The molecule has 24 heavy (non-hydrogen) atoms. The van der Waals surface area contributed by atoms with Crippen molar-refractivity contribution in [1.82, 2.24) is 0 Å². The molecule has 0 aromatic heterocycles. The molecule has 2 heterocycles. The first-order valence-corrected chi connectivity index (χ1v) is 7.23. The van der Waals surface area contributed by atoms with E-state index in [0.29, 0.717) is 0 Å². The van der Waals surface area contributed by atoms with Crippen molar-refractivity contribution in [3.05, 3.63) is 0 Å². The van der Waals surface area contributed by atoms with Crippen molar-refractivity contribution in [1.29, 1.82) is 0 Å². The van der Waals surface area contributed by atoms with E-state index in [1.54, 1.807) is 0 Å². The minimum Gasteiger partial charge on any atom is -0.394 e. The lowest BCUT2D eigenvalue weighted by Crippen LogP contribution is -2.67. The predicted molar refractivity (Wildman–Crippen MR) is 79.8 cm³/mol. The van der Waals surface area contributed by atoms with Gasteiger partial charge in [0.05, 0.1) is 25.3 Å². The molecule has 12 heteroatoms. The Morgan fingerprint density at radius 2 is 1.38 bits per heavy atom. The maximum atomic E-state index is 10.1. The summed E-state index contributed by atoms with van der Waals surface area (Å²) in [4.78, 5) is 0. The smallest absolute Gasteiger partial charge is 0.176 e. The number of rotatable bonds is 4. The van der Waals surface area contributed by atoms with Crippen LogP contribution in [0.1, 0.15) is 0 Å². The van der Waals surface area contributed by atoms with E-state index in [1.807, 2.05) is 0 Å². The SMILES string of the molecule is Cl.N[C@H]1[C@H](O[C@H]2[C@H](O)[C@@H](N)C(O)O[C@@H]2CO)O[C@H](CO)[C@@H](O)[C@@H]1O. The van der Waals surface area contributed by atoms with Crippen LogP contribution in [0.5, 0.6) is 0 Å². The van der Waals surface area contributed by atoms with Crippen LogP contribution in [0.4, 0.5) is 0 Å². The van der Waals surface area contributed by atoms with E-state index in [0.717, 1.165) is 0 Å². The summed E-state index contributed by atoms with van der Waals surface area (Å²) >= 11 is 0. The van der Waals surface area contributed by atoms with Crippen LogP contribution in [-0.2, 0) is 14.2 Å². The van der Waals surface area contributed by atoms with Crippen LogP contribution in [0.3, 0.4) is 0 Å². The van der Waals surface area contributed by atoms with Gasteiger partial charge >= 0.3 is 0 Å². The highest BCUT2D eigenvalue weighted by Gasteiger charge is 2.49. The van der Waals surface area contributed by atoms with Gasteiger partial charge in [-0.2, -0.15) is 0 Å². The molecule has 2 aliphatic rings. The van der Waals surface area contributed by atoms with E-state index in [4.69, 9.17) is 30.8 Å². The van der Waals surface area contributed by atoms with Gasteiger partial charge in [0.15, 0.2) is 12.6 Å². The Morgan fingerprint density at radius 1 is 0.792 bits per heavy atom. The first-order chi connectivity index (χ1) is 10.8. The zero-order valence-corrected chi connectivity index (χ0v) is 13.5. The standard InChI is InChI=1S/C12H24N2O9.ClH/c13-5-9(19)10(4(2-16)21-11(5)20)23-12-6(14)8(18)7(17)3(1-15)22-12;/h3-12,15-20H,1-2,13-14H2;1H/t3-,4-,5-,6-,7-,8-,9-,10-,11?,12+;/m1./s1. The fraction of sp³-hybridized carbons (Fsp3) is 1.00. The van der Waals surface area contributed by atoms with Crippen LogP contribution in [0, 0.1) is 0 Å². The van der Waals surface area contributed by atoms with E-state index >= 15 is 0 Å². The molecule has 0 radical (unpaired) electrons. The normalized spacial score (nSPS) is 49.5. The second-order valence-electron chi connectivity index (χ2n) is 5.70. The van der Waals surface area contributed by atoms with Gasteiger partial charge < -0.3 is 56.3 Å². The molecule has 0 aromatic carbocycles. The molecule has 2 rings (SSSR count). The third-order valence-electron chi connectivity index (χ3n) is 4.14. The Morgan fingerprint density at radius 3 is 1.92 bits per heavy atom. The highest BCUT2D eigenvalue weighted by Crippen LogP contribution is 2.27. The third kappa shape index (κ3) is 4.15. The molecular formula is C12H25ClN2O9. The van der Waals surface area contributed by atoms with Crippen LogP contribution in [0.2, 0.25) is 0 Å². The number of aliphatic hydroxyl groups excluding tert-OH is 6. The van der Waals surface area contributed by atoms with Crippen LogP contribution < -0.4 is 11.5 Å². The van der Waals surface area contributed by atoms with Crippen molar-refractivity contribution in [2.24, 2.45) is 11.5 Å². The summed E-state index contributed by atoms with van der Waals surface area (Å²) in [5, 5.41) is 57.7. The molecule has 11 nitrogen and oxygen atoms in total. The summed E-state index contributed by atoms with van der Waals surface area (Å²) in [6, 6.07) is -2.37. The summed E-state index contributed by atoms with van der Waals surface area (Å²) in [6.45, 7) is -1.17. The van der Waals surface area contributed by atoms with Gasteiger partial charge in [-0.15, -0.1) is 12.4 Å². The Balaban J connectivity index is 0.00000288. The van der Waals surface area contributed by atoms with Crippen LogP contribution in [-0.4, -0.2) is 105 Å². The van der Waals surface area contributed by atoms with Crippen LogP contribution in [0.15, 0.2) is 0 Å². The number of hydrogen-bond donors (Lipinski definition) is 8. The van der Waals surface area contributed by atoms with Crippen molar-refractivity contribution >= 4 is 12.4 Å². The number of hydrogen-bond acceptors (Lipinski definition) is 11. The predicted octanol–water partition coefficient (Wildman–Crippen LogP) is -5.04. The van der Waals surface area contributed by atoms with Crippen molar-refractivity contribution in [3.63, 3.8) is 0 Å². The van der Waals surface area contributed by atoms with Gasteiger partial charge in [0.1, 0.15) is 36.6 Å². The topological polar surface area (TPSA) is 201 Å². The largest absolute Gasteiger partial charge is 0.394 e. The molecule has 10 atom stereocenters. The van der Waals surface area contributed by atoms with Gasteiger partial charge in [0.25, 0.3) is 0 Å². The third-order valence-corrected chi connectivity index (χ3v) is 4.14. The molecule has 2 aliphatic heterocycles. The Hall–Kier alpha value is -0.150. The lowest BCUT2D eigenvalue weighted by Gasteiger charge is -2.45. The summed E-state index contributed by atoms with van der Waals surface area (Å²) in [6.07, 6.45) is -10.5. The monoisotopic (exact) mass is 376 g/mol. The van der Waals surface area contributed by atoms with Gasteiger partial charge in [-0.25, -0.2) is 0 Å². The first kappa shape index (κ1) is 21.9. The summed E-state index contributed by atoms with van der Waals surface area (Å²) in [5.74, 6) is 0. The Labute approximate surface area is 144 Å². The number of nitrogens with two attached hydrogens (primary N) is 2. The fourth-order valence-corrected chi connectivity index (χ4v) is 2.65. The van der Waals surface area contributed by atoms with E-state index < -0.39 is 74.5 Å². The zero-order chi connectivity index (χ0) is 17.3. The zero-order valence-electron chi connectivity index (χ0n) is 12.7. The number of aliphatic hydroxyl groups is 6. The van der Waals surface area contributed by atoms with Crippen molar-refractivity contribution in [2.45, 2.75) is 61.3 Å². The quantitative estimate of drug-likeness (QED) is 0.233. The van der Waals surface area contributed by atoms with E-state index in [2.05, 4.69) is 0 Å². The van der Waals surface area contributed by atoms with Crippen LogP contribution >= 0.6 is 12.4 Å². The van der Waals surface area contributed by atoms with Crippen LogP contribution in [0.25, 0.3) is 0 Å². The highest BCUT2D eigenvalue weighted by atomic mass is 35.5. The summed E-state index contributed by atoms with van der Waals surface area (Å²) in [7, 11) is 0. The molecule has 1 unspecified atom stereocenters. The molecular weight excluding hydrogens is 352 g/mol. The Bertz CT molecular complexity index is 392. The summed E-state index contributed by atoms with van der Waals surface area (Å²) in [5.41, 5.74) is 11.3. The molecule has 0 aliphatic carbocycles. The molecule has 2 saturated heterocycles. The molecule has 0 saturated carbocycles. The maximum Gasteiger partial charge on any atom is 0.176 e. The molecule has 0 amide bonds. The van der Waals surface area contributed by atoms with Gasteiger partial charge in [0, 0.05) is 0 Å². The first-order valence-electron chi connectivity index (χ1n) is 7.23. The maximum absolute atomic E-state index is 10.1. The second-order valence-corrected chi connectivity index (χ2v) is 5.70. The van der Waals surface area contributed by atoms with E-state index in [1.165, 1.54) is 0 Å². The van der Waals surface area contributed by atoms with Crippen molar-refractivity contribution in [3.8, 4) is 0 Å². The highest BCUT2D eigenvalue weighted by molar-refractivity contribution is 5.85. The molecule has 2 fully saturated rings. The van der Waals surface area contributed by atoms with E-state index in [9.17, 15) is 25.5 Å². The van der Waals surface area contributed by atoms with E-state index in [-0.39, 0.29) is 12.4 Å². The molecule has 10 N–H and O–H groups in total. The molecule has 0 aromatic rings. The number of ether oxygens (including phenoxy) is 3. The minimum atomic E-state index is -1.49. The Kier molecular flexibility index (Phi) is 8.19. The lowest BCUT2D eigenvalue weighted by atomic mass is 9.95. The number of halogens is 1. The van der Waals surface area contributed by atoms with Gasteiger partial charge in [-0.05, 0) is 0 Å².